The van der Waals surface area contributed by atoms with E-state index < -0.39 is 0 Å². The van der Waals surface area contributed by atoms with E-state index in [-0.39, 0.29) is 5.97 Å². The molecule has 4 fully saturated rings. The maximum absolute atomic E-state index is 11.0. The highest BCUT2D eigenvalue weighted by Gasteiger charge is 2.54. The molecule has 1 aliphatic heterocycles. The molecule has 4 unspecified atom stereocenters. The van der Waals surface area contributed by atoms with E-state index in [2.05, 4.69) is 0 Å². The summed E-state index contributed by atoms with van der Waals surface area (Å²) in [7, 11) is 0. The van der Waals surface area contributed by atoms with Gasteiger partial charge >= 0.3 is 5.97 Å². The monoisotopic (exact) mass is 152 g/mol. The Morgan fingerprint density at radius 3 is 3.00 bits per heavy atom. The quantitative estimate of drug-likeness (QED) is 0.487. The van der Waals surface area contributed by atoms with Crippen LogP contribution in [0.4, 0.5) is 0 Å². The summed E-state index contributed by atoms with van der Waals surface area (Å²) in [6.45, 7) is 0.727. The average molecular weight is 152 g/mol. The van der Waals surface area contributed by atoms with Crippen molar-refractivity contribution in [3.05, 3.63) is 0 Å². The van der Waals surface area contributed by atoms with Crippen molar-refractivity contribution in [2.45, 2.75) is 19.3 Å². The van der Waals surface area contributed by atoms with Crippen LogP contribution in [0.5, 0.6) is 0 Å². The highest BCUT2D eigenvalue weighted by Crippen LogP contribution is 2.59. The number of cyclic esters (lactones) is 1. The van der Waals surface area contributed by atoms with E-state index in [1.807, 2.05) is 0 Å². The molecule has 4 atom stereocenters. The lowest BCUT2D eigenvalue weighted by atomic mass is 9.71. The van der Waals surface area contributed by atoms with Crippen LogP contribution in [0.1, 0.15) is 19.3 Å². The third-order valence-corrected chi connectivity index (χ3v) is 3.81. The van der Waals surface area contributed by atoms with Gasteiger partial charge in [0.1, 0.15) is 0 Å². The Morgan fingerprint density at radius 1 is 1.18 bits per heavy atom. The van der Waals surface area contributed by atoms with Gasteiger partial charge in [-0.05, 0) is 36.5 Å². The van der Waals surface area contributed by atoms with Gasteiger partial charge in [0.15, 0.2) is 0 Å². The third kappa shape index (κ3) is 0.652. The molecule has 11 heavy (non-hydrogen) atoms. The molecule has 0 aromatic rings. The Balaban J connectivity index is 1.88. The zero-order chi connectivity index (χ0) is 7.42. The fourth-order valence-electron chi connectivity index (χ4n) is 3.19. The van der Waals surface area contributed by atoms with Gasteiger partial charge in [-0.2, -0.15) is 0 Å². The van der Waals surface area contributed by atoms with Crippen molar-refractivity contribution in [1.82, 2.24) is 0 Å². The van der Waals surface area contributed by atoms with Gasteiger partial charge < -0.3 is 4.74 Å². The molecule has 0 amide bonds. The zero-order valence-corrected chi connectivity index (χ0v) is 6.45. The standard InChI is InChI=1S/C9H12O2/c10-9-3-6-1-5-2-7(6)8(5)4-11-9/h5-8H,1-4H2. The summed E-state index contributed by atoms with van der Waals surface area (Å²) in [5, 5.41) is 0. The van der Waals surface area contributed by atoms with Crippen LogP contribution in [0.2, 0.25) is 0 Å². The molecule has 1 heterocycles. The summed E-state index contributed by atoms with van der Waals surface area (Å²) < 4.78 is 5.10. The van der Waals surface area contributed by atoms with Gasteiger partial charge in [-0.3, -0.25) is 4.79 Å². The Morgan fingerprint density at radius 2 is 2.09 bits per heavy atom. The SMILES string of the molecule is O=C1CC2CC3CC2C3CO1. The second-order valence-electron chi connectivity index (χ2n) is 4.21. The van der Waals surface area contributed by atoms with E-state index in [0.717, 1.165) is 24.4 Å². The molecular formula is C9H12O2. The minimum absolute atomic E-state index is 0.0443. The molecule has 4 aliphatic rings. The fourth-order valence-corrected chi connectivity index (χ4v) is 3.19. The fraction of sp³-hybridized carbons (Fsp3) is 0.889. The zero-order valence-electron chi connectivity index (χ0n) is 6.45. The molecule has 0 radical (unpaired) electrons. The second kappa shape index (κ2) is 1.79. The Bertz CT molecular complexity index is 212. The Kier molecular flexibility index (Phi) is 0.984. The normalized spacial score (nSPS) is 52.9. The van der Waals surface area contributed by atoms with Crippen LogP contribution in [0.25, 0.3) is 0 Å². The van der Waals surface area contributed by atoms with Gasteiger partial charge in [0.05, 0.1) is 6.61 Å². The average Bonchev–Trinajstić information content (AvgIpc) is 2.39. The lowest BCUT2D eigenvalue weighted by Gasteiger charge is -2.34. The molecular weight excluding hydrogens is 140 g/mol. The van der Waals surface area contributed by atoms with Gasteiger partial charge in [-0.25, -0.2) is 0 Å². The summed E-state index contributed by atoms with van der Waals surface area (Å²) in [5.41, 5.74) is 0. The number of rotatable bonds is 0. The van der Waals surface area contributed by atoms with E-state index in [9.17, 15) is 4.79 Å². The first-order valence-corrected chi connectivity index (χ1v) is 4.50. The summed E-state index contributed by atoms with van der Waals surface area (Å²) in [6.07, 6.45) is 3.40. The molecule has 0 spiro atoms. The number of hydrogen-bond donors (Lipinski definition) is 0. The van der Waals surface area contributed by atoms with Crippen LogP contribution in [-0.4, -0.2) is 12.6 Å². The summed E-state index contributed by atoms with van der Waals surface area (Å²) >= 11 is 0. The molecule has 0 N–H and O–H groups in total. The molecule has 3 aliphatic carbocycles. The molecule has 4 rings (SSSR count). The minimum Gasteiger partial charge on any atom is -0.465 e. The van der Waals surface area contributed by atoms with Crippen LogP contribution >= 0.6 is 0 Å². The number of ether oxygens (including phenoxy) is 1. The van der Waals surface area contributed by atoms with Crippen LogP contribution in [0.3, 0.4) is 0 Å². The molecule has 3 saturated carbocycles. The van der Waals surface area contributed by atoms with Gasteiger partial charge in [0, 0.05) is 6.42 Å². The maximum atomic E-state index is 11.0. The van der Waals surface area contributed by atoms with Crippen LogP contribution in [-0.2, 0) is 9.53 Å². The van der Waals surface area contributed by atoms with Crippen LogP contribution < -0.4 is 0 Å². The first-order valence-electron chi connectivity index (χ1n) is 4.50. The first kappa shape index (κ1) is 6.04. The predicted octanol–water partition coefficient (Wildman–Crippen LogP) is 1.21. The predicted molar refractivity (Wildman–Crippen MR) is 38.8 cm³/mol. The molecule has 60 valence electrons. The molecule has 4 bridgehead atoms. The topological polar surface area (TPSA) is 26.3 Å². The molecule has 0 aromatic carbocycles. The summed E-state index contributed by atoms with van der Waals surface area (Å²) in [6, 6.07) is 0. The number of esters is 1. The second-order valence-corrected chi connectivity index (χ2v) is 4.21. The summed E-state index contributed by atoms with van der Waals surface area (Å²) in [5.74, 6) is 3.26. The van der Waals surface area contributed by atoms with Crippen molar-refractivity contribution in [3.8, 4) is 0 Å². The largest absolute Gasteiger partial charge is 0.465 e. The van der Waals surface area contributed by atoms with E-state index in [4.69, 9.17) is 4.74 Å². The summed E-state index contributed by atoms with van der Waals surface area (Å²) in [4.78, 5) is 11.0. The van der Waals surface area contributed by atoms with Gasteiger partial charge in [0.25, 0.3) is 0 Å². The van der Waals surface area contributed by atoms with Gasteiger partial charge in [-0.15, -0.1) is 0 Å². The van der Waals surface area contributed by atoms with Crippen LogP contribution in [0.15, 0.2) is 0 Å². The third-order valence-electron chi connectivity index (χ3n) is 3.81. The molecule has 0 aromatic heterocycles. The molecule has 2 heteroatoms. The van der Waals surface area contributed by atoms with E-state index in [1.54, 1.807) is 0 Å². The van der Waals surface area contributed by atoms with Crippen molar-refractivity contribution in [3.63, 3.8) is 0 Å². The highest BCUT2D eigenvalue weighted by molar-refractivity contribution is 5.70. The van der Waals surface area contributed by atoms with E-state index >= 15 is 0 Å². The molecule has 2 nitrogen and oxygen atoms in total. The van der Waals surface area contributed by atoms with Gasteiger partial charge in [-0.1, -0.05) is 0 Å². The van der Waals surface area contributed by atoms with Crippen molar-refractivity contribution in [1.29, 1.82) is 0 Å². The van der Waals surface area contributed by atoms with Crippen molar-refractivity contribution in [2.75, 3.05) is 6.61 Å². The smallest absolute Gasteiger partial charge is 0.306 e. The van der Waals surface area contributed by atoms with Crippen molar-refractivity contribution in [2.24, 2.45) is 23.7 Å². The first-order chi connectivity index (χ1) is 5.34. The highest BCUT2D eigenvalue weighted by atomic mass is 16.5. The van der Waals surface area contributed by atoms with Crippen molar-refractivity contribution < 1.29 is 9.53 Å². The lowest BCUT2D eigenvalue weighted by Crippen LogP contribution is -2.31. The minimum atomic E-state index is 0.0443. The van der Waals surface area contributed by atoms with Crippen LogP contribution in [0, 0.1) is 23.7 Å². The maximum Gasteiger partial charge on any atom is 0.306 e. The molecule has 1 saturated heterocycles. The van der Waals surface area contributed by atoms with Gasteiger partial charge in [0.2, 0.25) is 0 Å². The number of carbonyl (C=O) groups excluding carboxylic acids is 1. The van der Waals surface area contributed by atoms with E-state index in [1.165, 1.54) is 12.8 Å². The Labute approximate surface area is 65.9 Å². The van der Waals surface area contributed by atoms with Crippen molar-refractivity contribution >= 4 is 5.97 Å². The Hall–Kier alpha value is -0.530. The number of hydrogen-bond acceptors (Lipinski definition) is 2. The number of carbonyl (C=O) groups is 1. The van der Waals surface area contributed by atoms with E-state index in [0.29, 0.717) is 12.3 Å². The lowest BCUT2D eigenvalue weighted by molar-refractivity contribution is -0.145.